The number of hydrogen-bond acceptors (Lipinski definition) is 5. The molecule has 0 saturated carbocycles. The van der Waals surface area contributed by atoms with Crippen molar-refractivity contribution >= 4 is 6.29 Å². The van der Waals surface area contributed by atoms with E-state index in [-0.39, 0.29) is 24.2 Å². The molecule has 1 radical (unpaired) electrons. The molecule has 151 valence electrons. The van der Waals surface area contributed by atoms with Crippen LogP contribution in [0.25, 0.3) is 0 Å². The van der Waals surface area contributed by atoms with E-state index in [1.54, 1.807) is 12.2 Å². The molecule has 0 unspecified atom stereocenters. The van der Waals surface area contributed by atoms with Crippen molar-refractivity contribution in [3.05, 3.63) is 55.9 Å². The van der Waals surface area contributed by atoms with Gasteiger partial charge in [-0.25, -0.2) is 0 Å². The van der Waals surface area contributed by atoms with E-state index in [0.29, 0.717) is 12.8 Å². The number of carbonyl (C=O) groups excluding carboxylic acids is 1. The van der Waals surface area contributed by atoms with Crippen LogP contribution in [0.3, 0.4) is 0 Å². The van der Waals surface area contributed by atoms with E-state index in [1.807, 2.05) is 12.4 Å². The smallest absolute Gasteiger partial charge is 0.246 e. The molecule has 27 heavy (non-hydrogen) atoms. The molecule has 0 fully saturated rings. The van der Waals surface area contributed by atoms with E-state index in [4.69, 9.17) is 0 Å². The molecule has 0 rings (SSSR count). The minimum atomic E-state index is -0.476. The summed E-state index contributed by atoms with van der Waals surface area (Å²) >= 11 is 0. The van der Waals surface area contributed by atoms with Crippen LogP contribution in [0.2, 0.25) is 0 Å². The summed E-state index contributed by atoms with van der Waals surface area (Å²) in [5, 5.41) is 22.2. The summed E-state index contributed by atoms with van der Waals surface area (Å²) < 4.78 is 0. The average Bonchev–Trinajstić information content (AvgIpc) is 2.63. The molecule has 0 atom stereocenters. The van der Waals surface area contributed by atoms with Gasteiger partial charge in [0.15, 0.2) is 6.29 Å². The van der Waals surface area contributed by atoms with Crippen LogP contribution in [0.15, 0.2) is 35.7 Å². The van der Waals surface area contributed by atoms with E-state index >= 15 is 0 Å². The molecular weight excluding hydrogens is 348 g/mol. The van der Waals surface area contributed by atoms with Gasteiger partial charge in [0, 0.05) is 6.42 Å². The Bertz CT molecular complexity index is 538. The minimum absolute atomic E-state index is 0.0116. The quantitative estimate of drug-likeness (QED) is 0.140. The lowest BCUT2D eigenvalue weighted by atomic mass is 10.1. The number of unbranched alkanes of at least 4 members (excludes halogenated alkanes) is 8. The van der Waals surface area contributed by atoms with Gasteiger partial charge < -0.3 is 0 Å². The van der Waals surface area contributed by atoms with Gasteiger partial charge in [0.2, 0.25) is 11.4 Å². The third-order valence-corrected chi connectivity index (χ3v) is 4.10. The van der Waals surface area contributed by atoms with Crippen LogP contribution in [0.4, 0.5) is 0 Å². The zero-order valence-electron chi connectivity index (χ0n) is 16.2. The predicted octanol–water partition coefficient (Wildman–Crippen LogP) is 5.67. The minimum Gasteiger partial charge on any atom is -0.291 e. The summed E-state index contributed by atoms with van der Waals surface area (Å²) in [6.45, 7) is 2.12. The van der Waals surface area contributed by atoms with Gasteiger partial charge in [-0.2, -0.15) is 0 Å². The molecule has 0 saturated heterocycles. The molecule has 0 heterocycles. The Hall–Kier alpha value is -2.31. The molecule has 7 nitrogen and oxygen atoms in total. The van der Waals surface area contributed by atoms with Gasteiger partial charge >= 0.3 is 0 Å². The number of hydrogen-bond donors (Lipinski definition) is 0. The lowest BCUT2D eigenvalue weighted by Gasteiger charge is -1.98. The summed E-state index contributed by atoms with van der Waals surface area (Å²) in [6, 6.07) is 0. The second-order valence-electron chi connectivity index (χ2n) is 6.38. The molecule has 0 aliphatic rings. The first-order valence-electron chi connectivity index (χ1n) is 9.69. The Morgan fingerprint density at radius 3 is 2.07 bits per heavy atom. The highest BCUT2D eigenvalue weighted by Crippen LogP contribution is 2.13. The van der Waals surface area contributed by atoms with E-state index < -0.39 is 9.85 Å². The lowest BCUT2D eigenvalue weighted by Crippen LogP contribution is -2.01. The normalized spacial score (nSPS) is 12.5. The van der Waals surface area contributed by atoms with Gasteiger partial charge in [0.05, 0.1) is 22.7 Å². The molecular formula is C20H31N2O5. The van der Waals surface area contributed by atoms with Crippen LogP contribution < -0.4 is 0 Å². The van der Waals surface area contributed by atoms with Crippen molar-refractivity contribution in [3.63, 3.8) is 0 Å². The topological polar surface area (TPSA) is 103 Å². The Labute approximate surface area is 161 Å². The highest BCUT2D eigenvalue weighted by atomic mass is 16.6. The van der Waals surface area contributed by atoms with Gasteiger partial charge in [-0.15, -0.1) is 0 Å². The maximum Gasteiger partial charge on any atom is 0.246 e. The third kappa shape index (κ3) is 14.5. The second kappa shape index (κ2) is 17.1. The van der Waals surface area contributed by atoms with Gasteiger partial charge in [-0.05, 0) is 44.3 Å². The van der Waals surface area contributed by atoms with Crippen molar-refractivity contribution in [1.29, 1.82) is 0 Å². The summed E-state index contributed by atoms with van der Waals surface area (Å²) in [5.74, 6) is 0. The molecule has 0 aromatic rings. The van der Waals surface area contributed by atoms with E-state index in [2.05, 4.69) is 6.92 Å². The molecule has 0 amide bonds. The Morgan fingerprint density at radius 2 is 1.44 bits per heavy atom. The van der Waals surface area contributed by atoms with Crippen molar-refractivity contribution in [1.82, 2.24) is 0 Å². The van der Waals surface area contributed by atoms with Crippen LogP contribution in [0.5, 0.6) is 0 Å². The zero-order chi connectivity index (χ0) is 20.3. The number of allylic oxidation sites excluding steroid dienone is 4. The third-order valence-electron chi connectivity index (χ3n) is 4.10. The Balaban J connectivity index is 4.51. The molecule has 0 spiro atoms. The highest BCUT2D eigenvalue weighted by Gasteiger charge is 2.13. The fourth-order valence-electron chi connectivity index (χ4n) is 2.49. The monoisotopic (exact) mass is 379 g/mol. The Kier molecular flexibility index (Phi) is 15.7. The van der Waals surface area contributed by atoms with Crippen molar-refractivity contribution in [2.45, 2.75) is 84.0 Å². The maximum atomic E-state index is 11.1. The number of nitrogens with zero attached hydrogens (tertiary/aromatic N) is 2. The van der Waals surface area contributed by atoms with Crippen molar-refractivity contribution in [2.24, 2.45) is 0 Å². The molecule has 0 N–H and O–H groups in total. The van der Waals surface area contributed by atoms with E-state index in [1.165, 1.54) is 6.08 Å². The number of rotatable bonds is 17. The summed E-state index contributed by atoms with van der Waals surface area (Å²) in [6.07, 6.45) is 17.1. The molecule has 0 bridgehead atoms. The van der Waals surface area contributed by atoms with Gasteiger partial charge in [0.25, 0.3) is 0 Å². The maximum absolute atomic E-state index is 11.1. The SMILES string of the molecule is CCCCC/C=C\C/C(=C\C/C(=C\CCCCCC[C]=O)[N+](=O)[O-])[N+](=O)[O-]. The average molecular weight is 379 g/mol. The van der Waals surface area contributed by atoms with Crippen LogP contribution in [-0.2, 0) is 4.79 Å². The van der Waals surface area contributed by atoms with Crippen LogP contribution in [0, 0.1) is 20.2 Å². The summed E-state index contributed by atoms with van der Waals surface area (Å²) in [4.78, 5) is 31.4. The first-order valence-corrected chi connectivity index (χ1v) is 9.69. The van der Waals surface area contributed by atoms with Crippen molar-refractivity contribution in [2.75, 3.05) is 0 Å². The van der Waals surface area contributed by atoms with E-state index in [0.717, 1.165) is 51.4 Å². The zero-order valence-corrected chi connectivity index (χ0v) is 16.2. The summed E-state index contributed by atoms with van der Waals surface area (Å²) in [5.41, 5.74) is -0.0258. The largest absolute Gasteiger partial charge is 0.291 e. The van der Waals surface area contributed by atoms with Gasteiger partial charge in [-0.3, -0.25) is 25.0 Å². The molecule has 0 aliphatic heterocycles. The van der Waals surface area contributed by atoms with Crippen molar-refractivity contribution in [3.8, 4) is 0 Å². The van der Waals surface area contributed by atoms with Crippen LogP contribution in [-0.4, -0.2) is 16.1 Å². The first-order chi connectivity index (χ1) is 13.0. The lowest BCUT2D eigenvalue weighted by molar-refractivity contribution is -0.431. The molecule has 0 aliphatic carbocycles. The van der Waals surface area contributed by atoms with Crippen LogP contribution >= 0.6 is 0 Å². The highest BCUT2D eigenvalue weighted by molar-refractivity contribution is 5.50. The predicted molar refractivity (Wildman–Crippen MR) is 106 cm³/mol. The standard InChI is InChI=1S/C20H31N2O5/c1-2-3-4-5-8-11-14-19(21(24)25)16-17-20(22(26)27)15-12-9-6-7-10-13-18-23/h8,11,15-16H,2-7,9-10,12-14,17H2,1H3/b11-8-,19-16+,20-15+. The fourth-order valence-corrected chi connectivity index (χ4v) is 2.49. The van der Waals surface area contributed by atoms with Gasteiger partial charge in [0.1, 0.15) is 0 Å². The van der Waals surface area contributed by atoms with Gasteiger partial charge in [-0.1, -0.05) is 44.8 Å². The van der Waals surface area contributed by atoms with E-state index in [9.17, 15) is 25.0 Å². The second-order valence-corrected chi connectivity index (χ2v) is 6.38. The molecule has 7 heteroatoms. The fraction of sp³-hybridized carbons (Fsp3) is 0.650. The molecule has 0 aromatic carbocycles. The summed E-state index contributed by atoms with van der Waals surface area (Å²) in [7, 11) is 0. The molecule has 0 aromatic heterocycles. The number of nitro groups is 2. The first kappa shape index (κ1) is 24.7. The van der Waals surface area contributed by atoms with Crippen molar-refractivity contribution < 1.29 is 14.6 Å². The Morgan fingerprint density at radius 1 is 0.815 bits per heavy atom. The van der Waals surface area contributed by atoms with Crippen LogP contribution in [0.1, 0.15) is 84.0 Å².